The molecule has 6 heteroatoms. The second-order valence-electron chi connectivity index (χ2n) is 6.32. The fourth-order valence-electron chi connectivity index (χ4n) is 2.71. The Balaban J connectivity index is 1.74. The summed E-state index contributed by atoms with van der Waals surface area (Å²) in [5.74, 6) is 0.393. The Bertz CT molecular complexity index is 941. The second-order valence-corrected chi connectivity index (χ2v) is 7.13. The van der Waals surface area contributed by atoms with E-state index < -0.39 is 5.82 Å². The minimum atomic E-state index is -0.429. The standard InChI is InChI=1S/C22H20Cl2FNO2/c1-14-6-8-16(9-7-14)26-12-15-10-19(24)22(21(11-15)27-2)28-13-17-18(23)4-3-5-20(17)25/h3-11,26H,12-13H2,1-2H3. The number of rotatable bonds is 7. The molecule has 0 amide bonds. The lowest BCUT2D eigenvalue weighted by atomic mass is 10.1. The van der Waals surface area contributed by atoms with Crippen molar-refractivity contribution < 1.29 is 13.9 Å². The Hall–Kier alpha value is -2.43. The van der Waals surface area contributed by atoms with E-state index in [1.54, 1.807) is 18.2 Å². The van der Waals surface area contributed by atoms with Gasteiger partial charge in [-0.1, -0.05) is 47.0 Å². The highest BCUT2D eigenvalue weighted by atomic mass is 35.5. The molecular weight excluding hydrogens is 400 g/mol. The molecule has 3 nitrogen and oxygen atoms in total. The van der Waals surface area contributed by atoms with Crippen LogP contribution in [0.4, 0.5) is 10.1 Å². The van der Waals surface area contributed by atoms with E-state index in [1.807, 2.05) is 37.3 Å². The number of halogens is 3. The van der Waals surface area contributed by atoms with Crippen LogP contribution in [0.15, 0.2) is 54.6 Å². The van der Waals surface area contributed by atoms with Gasteiger partial charge in [-0.05, 0) is 48.9 Å². The summed E-state index contributed by atoms with van der Waals surface area (Å²) in [5, 5.41) is 4.02. The Kier molecular flexibility index (Phi) is 6.65. The Morgan fingerprint density at radius 2 is 1.75 bits per heavy atom. The van der Waals surface area contributed by atoms with Crippen molar-refractivity contribution in [1.82, 2.24) is 0 Å². The van der Waals surface area contributed by atoms with Gasteiger partial charge in [-0.3, -0.25) is 0 Å². The number of hydrogen-bond donors (Lipinski definition) is 1. The van der Waals surface area contributed by atoms with Crippen LogP contribution in [0, 0.1) is 12.7 Å². The van der Waals surface area contributed by atoms with E-state index in [-0.39, 0.29) is 12.2 Å². The summed E-state index contributed by atoms with van der Waals surface area (Å²) in [7, 11) is 1.53. The highest BCUT2D eigenvalue weighted by Gasteiger charge is 2.15. The summed E-state index contributed by atoms with van der Waals surface area (Å²) in [6.45, 7) is 2.56. The van der Waals surface area contributed by atoms with Crippen LogP contribution in [0.5, 0.6) is 11.5 Å². The molecule has 3 aromatic rings. The van der Waals surface area contributed by atoms with Crippen molar-refractivity contribution in [3.63, 3.8) is 0 Å². The fourth-order valence-corrected chi connectivity index (χ4v) is 3.21. The van der Waals surface area contributed by atoms with Crippen molar-refractivity contribution in [2.24, 2.45) is 0 Å². The highest BCUT2D eigenvalue weighted by molar-refractivity contribution is 6.32. The molecule has 1 N–H and O–H groups in total. The predicted octanol–water partition coefficient (Wildman–Crippen LogP) is 6.64. The second kappa shape index (κ2) is 9.18. The Labute approximate surface area is 174 Å². The number of anilines is 1. The van der Waals surface area contributed by atoms with E-state index in [0.29, 0.717) is 28.1 Å². The number of methoxy groups -OCH3 is 1. The van der Waals surface area contributed by atoms with Gasteiger partial charge >= 0.3 is 0 Å². The van der Waals surface area contributed by atoms with Crippen LogP contribution in [0.2, 0.25) is 10.0 Å². The molecule has 0 aliphatic heterocycles. The number of aryl methyl sites for hydroxylation is 1. The van der Waals surface area contributed by atoms with E-state index in [9.17, 15) is 4.39 Å². The first-order chi connectivity index (χ1) is 13.5. The number of ether oxygens (including phenoxy) is 2. The number of benzene rings is 3. The zero-order chi connectivity index (χ0) is 20.1. The lowest BCUT2D eigenvalue weighted by Gasteiger charge is -2.15. The largest absolute Gasteiger partial charge is 0.493 e. The maximum Gasteiger partial charge on any atom is 0.180 e. The lowest BCUT2D eigenvalue weighted by Crippen LogP contribution is -2.04. The minimum Gasteiger partial charge on any atom is -0.493 e. The van der Waals surface area contributed by atoms with Gasteiger partial charge in [0, 0.05) is 17.8 Å². The summed E-state index contributed by atoms with van der Waals surface area (Å²) in [5.41, 5.74) is 3.41. The minimum absolute atomic E-state index is 0.0530. The van der Waals surface area contributed by atoms with Crippen LogP contribution in [-0.4, -0.2) is 7.11 Å². The molecule has 0 unspecified atom stereocenters. The van der Waals surface area contributed by atoms with E-state index in [2.05, 4.69) is 5.32 Å². The van der Waals surface area contributed by atoms with Crippen molar-refractivity contribution in [3.8, 4) is 11.5 Å². The molecular formula is C22H20Cl2FNO2. The monoisotopic (exact) mass is 419 g/mol. The van der Waals surface area contributed by atoms with Crippen LogP contribution in [0.25, 0.3) is 0 Å². The van der Waals surface area contributed by atoms with Gasteiger partial charge < -0.3 is 14.8 Å². The molecule has 0 atom stereocenters. The molecule has 0 aliphatic carbocycles. The van der Waals surface area contributed by atoms with Crippen LogP contribution in [0.1, 0.15) is 16.7 Å². The zero-order valence-corrected chi connectivity index (χ0v) is 17.1. The summed E-state index contributed by atoms with van der Waals surface area (Å²) in [6, 6.07) is 16.2. The third kappa shape index (κ3) is 4.89. The van der Waals surface area contributed by atoms with Crippen LogP contribution in [-0.2, 0) is 13.2 Å². The average Bonchev–Trinajstić information content (AvgIpc) is 2.68. The van der Waals surface area contributed by atoms with Gasteiger partial charge in [-0.25, -0.2) is 4.39 Å². The zero-order valence-electron chi connectivity index (χ0n) is 15.6. The molecule has 0 bridgehead atoms. The molecule has 0 aliphatic rings. The molecule has 0 fully saturated rings. The fraction of sp³-hybridized carbons (Fsp3) is 0.182. The van der Waals surface area contributed by atoms with Crippen LogP contribution in [0.3, 0.4) is 0 Å². The van der Waals surface area contributed by atoms with Gasteiger partial charge in [0.25, 0.3) is 0 Å². The summed E-state index contributed by atoms with van der Waals surface area (Å²) >= 11 is 12.5. The van der Waals surface area contributed by atoms with Gasteiger partial charge in [0.05, 0.1) is 17.2 Å². The molecule has 3 aromatic carbocycles. The topological polar surface area (TPSA) is 30.5 Å². The van der Waals surface area contributed by atoms with E-state index in [4.69, 9.17) is 32.7 Å². The number of nitrogens with one attached hydrogen (secondary N) is 1. The molecule has 146 valence electrons. The first kappa shape index (κ1) is 20.3. The molecule has 0 saturated carbocycles. The molecule has 0 saturated heterocycles. The quantitative estimate of drug-likeness (QED) is 0.465. The Morgan fingerprint density at radius 1 is 1.00 bits per heavy atom. The summed E-state index contributed by atoms with van der Waals surface area (Å²) < 4.78 is 25.1. The lowest BCUT2D eigenvalue weighted by molar-refractivity contribution is 0.280. The number of hydrogen-bond acceptors (Lipinski definition) is 3. The van der Waals surface area contributed by atoms with E-state index in [1.165, 1.54) is 18.7 Å². The third-order valence-electron chi connectivity index (χ3n) is 4.26. The van der Waals surface area contributed by atoms with E-state index in [0.717, 1.165) is 11.3 Å². The van der Waals surface area contributed by atoms with Gasteiger partial charge in [-0.2, -0.15) is 0 Å². The average molecular weight is 420 g/mol. The highest BCUT2D eigenvalue weighted by Crippen LogP contribution is 2.37. The van der Waals surface area contributed by atoms with Crippen molar-refractivity contribution in [1.29, 1.82) is 0 Å². The molecule has 28 heavy (non-hydrogen) atoms. The predicted molar refractivity (Wildman–Crippen MR) is 112 cm³/mol. The molecule has 0 radical (unpaired) electrons. The summed E-state index contributed by atoms with van der Waals surface area (Å²) in [6.07, 6.45) is 0. The maximum absolute atomic E-state index is 13.9. The van der Waals surface area contributed by atoms with Crippen LogP contribution < -0.4 is 14.8 Å². The van der Waals surface area contributed by atoms with Gasteiger partial charge in [-0.15, -0.1) is 0 Å². The van der Waals surface area contributed by atoms with Crippen LogP contribution >= 0.6 is 23.2 Å². The van der Waals surface area contributed by atoms with Gasteiger partial charge in [0.2, 0.25) is 0 Å². The summed E-state index contributed by atoms with van der Waals surface area (Å²) in [4.78, 5) is 0. The van der Waals surface area contributed by atoms with E-state index >= 15 is 0 Å². The van der Waals surface area contributed by atoms with Crippen molar-refractivity contribution in [2.45, 2.75) is 20.1 Å². The molecule has 0 spiro atoms. The van der Waals surface area contributed by atoms with Crippen molar-refractivity contribution >= 4 is 28.9 Å². The SMILES string of the molecule is COc1cc(CNc2ccc(C)cc2)cc(Cl)c1OCc1c(F)cccc1Cl. The molecule has 3 rings (SSSR count). The van der Waals surface area contributed by atoms with Crippen molar-refractivity contribution in [3.05, 3.63) is 87.2 Å². The Morgan fingerprint density at radius 3 is 2.43 bits per heavy atom. The molecule has 0 heterocycles. The normalized spacial score (nSPS) is 10.6. The van der Waals surface area contributed by atoms with Gasteiger partial charge in [0.1, 0.15) is 12.4 Å². The first-order valence-corrected chi connectivity index (χ1v) is 9.46. The smallest absolute Gasteiger partial charge is 0.180 e. The van der Waals surface area contributed by atoms with Gasteiger partial charge in [0.15, 0.2) is 11.5 Å². The third-order valence-corrected chi connectivity index (χ3v) is 4.89. The first-order valence-electron chi connectivity index (χ1n) is 8.70. The maximum atomic E-state index is 13.9. The van der Waals surface area contributed by atoms with Crippen molar-refractivity contribution in [2.75, 3.05) is 12.4 Å². The molecule has 0 aromatic heterocycles.